The van der Waals surface area contributed by atoms with Gasteiger partial charge < -0.3 is 14.7 Å². The van der Waals surface area contributed by atoms with Crippen molar-refractivity contribution in [2.24, 2.45) is 0 Å². The second-order valence-electron chi connectivity index (χ2n) is 7.31. The highest BCUT2D eigenvalue weighted by molar-refractivity contribution is 8.00. The van der Waals surface area contributed by atoms with Crippen LogP contribution in [0.15, 0.2) is 83.9 Å². The summed E-state index contributed by atoms with van der Waals surface area (Å²) in [7, 11) is 0. The smallest absolute Gasteiger partial charge is 0.324 e. The molecule has 6 nitrogen and oxygen atoms in total. The Kier molecular flexibility index (Phi) is 7.57. The van der Waals surface area contributed by atoms with Crippen LogP contribution in [0.1, 0.15) is 16.1 Å². The van der Waals surface area contributed by atoms with Gasteiger partial charge in [-0.15, -0.1) is 0 Å². The van der Waals surface area contributed by atoms with Gasteiger partial charge in [-0.3, -0.25) is 14.6 Å². The molecular formula is C25H19Cl2N3O3S. The zero-order valence-corrected chi connectivity index (χ0v) is 20.1. The molecule has 1 amide bonds. The second kappa shape index (κ2) is 10.8. The molecule has 0 atom stereocenters. The zero-order valence-electron chi connectivity index (χ0n) is 17.7. The van der Waals surface area contributed by atoms with Gasteiger partial charge in [-0.25, -0.2) is 0 Å². The molecule has 0 aliphatic heterocycles. The third kappa shape index (κ3) is 5.80. The monoisotopic (exact) mass is 511 g/mol. The molecular weight excluding hydrogens is 493 g/mol. The van der Waals surface area contributed by atoms with Gasteiger partial charge in [0.25, 0.3) is 5.91 Å². The highest BCUT2D eigenvalue weighted by atomic mass is 35.5. The molecule has 0 bridgehead atoms. The molecule has 0 fully saturated rings. The molecule has 9 heteroatoms. The summed E-state index contributed by atoms with van der Waals surface area (Å²) in [4.78, 5) is 29.6. The quantitative estimate of drug-likeness (QED) is 0.279. The number of carboxylic acids is 1. The maximum absolute atomic E-state index is 13.0. The van der Waals surface area contributed by atoms with Crippen molar-refractivity contribution in [2.75, 3.05) is 10.8 Å². The summed E-state index contributed by atoms with van der Waals surface area (Å²) in [5, 5.41) is 14.8. The Labute approximate surface area is 210 Å². The van der Waals surface area contributed by atoms with E-state index in [0.717, 1.165) is 11.1 Å². The van der Waals surface area contributed by atoms with E-state index >= 15 is 0 Å². The van der Waals surface area contributed by atoms with E-state index in [1.54, 1.807) is 46.9 Å². The minimum Gasteiger partial charge on any atom is -0.480 e. The van der Waals surface area contributed by atoms with E-state index in [4.69, 9.17) is 23.2 Å². The summed E-state index contributed by atoms with van der Waals surface area (Å²) in [5.74, 6) is -1.24. The first-order valence-electron chi connectivity index (χ1n) is 10.2. The first-order chi connectivity index (χ1) is 16.4. The average Bonchev–Trinajstić information content (AvgIpc) is 2.81. The minimum atomic E-state index is -0.998. The number of aliphatic carboxylic acids is 1. The third-order valence-corrected chi connectivity index (χ3v) is 6.33. The lowest BCUT2D eigenvalue weighted by atomic mass is 10.0. The maximum atomic E-state index is 13.0. The fraction of sp³-hybridized carbons (Fsp3) is 0.0800. The van der Waals surface area contributed by atoms with Crippen LogP contribution in [-0.4, -0.2) is 28.5 Å². The summed E-state index contributed by atoms with van der Waals surface area (Å²) in [5.41, 5.74) is 1.89. The normalized spacial score (nSPS) is 10.8. The van der Waals surface area contributed by atoms with E-state index in [2.05, 4.69) is 10.3 Å². The molecule has 172 valence electrons. The van der Waals surface area contributed by atoms with Gasteiger partial charge in [-0.05, 0) is 59.8 Å². The average molecular weight is 512 g/mol. The van der Waals surface area contributed by atoms with E-state index < -0.39 is 5.97 Å². The number of amides is 1. The lowest BCUT2D eigenvalue weighted by Crippen LogP contribution is -2.24. The molecule has 3 aromatic carbocycles. The number of carbonyl (C=O) groups is 2. The highest BCUT2D eigenvalue weighted by Crippen LogP contribution is 2.37. The van der Waals surface area contributed by atoms with Crippen LogP contribution in [0.3, 0.4) is 0 Å². The van der Waals surface area contributed by atoms with Gasteiger partial charge in [0, 0.05) is 32.1 Å². The predicted molar refractivity (Wildman–Crippen MR) is 137 cm³/mol. The molecule has 0 saturated heterocycles. The maximum Gasteiger partial charge on any atom is 0.324 e. The van der Waals surface area contributed by atoms with Crippen molar-refractivity contribution in [2.45, 2.75) is 11.4 Å². The Morgan fingerprint density at radius 1 is 0.941 bits per heavy atom. The van der Waals surface area contributed by atoms with Gasteiger partial charge in [0.2, 0.25) is 0 Å². The number of carboxylic acid groups (broad SMARTS) is 1. The lowest BCUT2D eigenvalue weighted by Gasteiger charge is -2.23. The van der Waals surface area contributed by atoms with Gasteiger partial charge in [-0.1, -0.05) is 53.5 Å². The summed E-state index contributed by atoms with van der Waals surface area (Å²) in [6.07, 6.45) is 1.67. The van der Waals surface area contributed by atoms with Crippen molar-refractivity contribution in [3.63, 3.8) is 0 Å². The molecule has 1 aromatic heterocycles. The number of fused-ring (bicyclic) bond motifs is 1. The summed E-state index contributed by atoms with van der Waals surface area (Å²) in [6.45, 7) is 0.0241. The SMILES string of the molecule is O=C(O)CN(Sc1cc(Cl)cc(Cl)c1)c1cccc2c(C(=O)NCc3ccccn3)cccc12. The first-order valence-corrected chi connectivity index (χ1v) is 11.8. The van der Waals surface area contributed by atoms with Crippen LogP contribution >= 0.6 is 35.1 Å². The standard InChI is InChI=1S/C25H19Cl2N3O3S/c26-16-11-17(27)13-19(12-16)34-30(15-24(31)32)23-9-4-6-20-21(23)7-3-8-22(20)25(33)29-14-18-5-1-2-10-28-18/h1-13H,14-15H2,(H,29,33)(H,31,32). The van der Waals surface area contributed by atoms with Crippen molar-refractivity contribution in [3.05, 3.63) is 100 Å². The number of pyridine rings is 1. The Hall–Kier alpha value is -3.26. The number of benzene rings is 3. The number of aromatic nitrogens is 1. The molecule has 0 spiro atoms. The number of halogens is 2. The molecule has 4 rings (SSSR count). The van der Waals surface area contributed by atoms with Gasteiger partial charge in [0.1, 0.15) is 6.54 Å². The summed E-state index contributed by atoms with van der Waals surface area (Å²) >= 11 is 13.5. The molecule has 2 N–H and O–H groups in total. The van der Waals surface area contributed by atoms with Gasteiger partial charge in [-0.2, -0.15) is 0 Å². The van der Waals surface area contributed by atoms with E-state index in [1.165, 1.54) is 11.9 Å². The largest absolute Gasteiger partial charge is 0.480 e. The molecule has 0 saturated carbocycles. The number of nitrogens with zero attached hydrogens (tertiary/aromatic N) is 2. The first kappa shape index (κ1) is 23.9. The van der Waals surface area contributed by atoms with E-state index in [0.29, 0.717) is 38.1 Å². The van der Waals surface area contributed by atoms with Gasteiger partial charge >= 0.3 is 5.97 Å². The Morgan fingerprint density at radius 3 is 2.38 bits per heavy atom. The van der Waals surface area contributed by atoms with Crippen molar-refractivity contribution < 1.29 is 14.7 Å². The topological polar surface area (TPSA) is 82.5 Å². The number of rotatable bonds is 8. The van der Waals surface area contributed by atoms with Crippen molar-refractivity contribution in [1.82, 2.24) is 10.3 Å². The van der Waals surface area contributed by atoms with Crippen LogP contribution in [-0.2, 0) is 11.3 Å². The number of anilines is 1. The van der Waals surface area contributed by atoms with Gasteiger partial charge in [0.05, 0.1) is 17.9 Å². The molecule has 4 aromatic rings. The van der Waals surface area contributed by atoms with E-state index in [1.807, 2.05) is 36.4 Å². The number of hydrogen-bond donors (Lipinski definition) is 2. The van der Waals surface area contributed by atoms with Crippen LogP contribution < -0.4 is 9.62 Å². The molecule has 0 unspecified atom stereocenters. The fourth-order valence-corrected chi connectivity index (χ4v) is 5.18. The van der Waals surface area contributed by atoms with Gasteiger partial charge in [0.15, 0.2) is 0 Å². The van der Waals surface area contributed by atoms with E-state index in [9.17, 15) is 14.7 Å². The third-order valence-electron chi connectivity index (χ3n) is 4.90. The highest BCUT2D eigenvalue weighted by Gasteiger charge is 2.18. The molecule has 1 heterocycles. The van der Waals surface area contributed by atoms with Crippen LogP contribution in [0.2, 0.25) is 10.0 Å². The lowest BCUT2D eigenvalue weighted by molar-refractivity contribution is -0.135. The number of hydrogen-bond acceptors (Lipinski definition) is 5. The fourth-order valence-electron chi connectivity index (χ4n) is 3.48. The zero-order chi connectivity index (χ0) is 24.1. The predicted octanol–water partition coefficient (Wildman–Crippen LogP) is 6.07. The minimum absolute atomic E-state index is 0.243. The summed E-state index contributed by atoms with van der Waals surface area (Å²) < 4.78 is 1.64. The number of nitrogens with one attached hydrogen (secondary N) is 1. The molecule has 0 aliphatic carbocycles. The van der Waals surface area contributed by atoms with Crippen molar-refractivity contribution >= 4 is 63.5 Å². The molecule has 34 heavy (non-hydrogen) atoms. The second-order valence-corrected chi connectivity index (χ2v) is 9.28. The van der Waals surface area contributed by atoms with Crippen molar-refractivity contribution in [1.29, 1.82) is 0 Å². The van der Waals surface area contributed by atoms with Crippen LogP contribution in [0.4, 0.5) is 5.69 Å². The van der Waals surface area contributed by atoms with E-state index in [-0.39, 0.29) is 12.5 Å². The van der Waals surface area contributed by atoms with Crippen LogP contribution in [0, 0.1) is 0 Å². The Balaban J connectivity index is 1.68. The van der Waals surface area contributed by atoms with Crippen LogP contribution in [0.25, 0.3) is 10.8 Å². The Bertz CT molecular complexity index is 1330. The van der Waals surface area contributed by atoms with Crippen molar-refractivity contribution in [3.8, 4) is 0 Å². The van der Waals surface area contributed by atoms with Crippen LogP contribution in [0.5, 0.6) is 0 Å². The molecule has 0 radical (unpaired) electrons. The number of carbonyl (C=O) groups excluding carboxylic acids is 1. The molecule has 0 aliphatic rings. The Morgan fingerprint density at radius 2 is 1.68 bits per heavy atom. The summed E-state index contributed by atoms with van der Waals surface area (Å²) in [6, 6.07) is 21.4.